The van der Waals surface area contributed by atoms with Crippen molar-refractivity contribution in [1.29, 1.82) is 0 Å². The van der Waals surface area contributed by atoms with E-state index in [1.807, 2.05) is 0 Å². The number of carbonyl (C=O) groups excluding carboxylic acids is 1. The Balaban J connectivity index is 3.07. The number of nitrogens with zero attached hydrogens (tertiary/aromatic N) is 1. The van der Waals surface area contributed by atoms with Gasteiger partial charge in [0.1, 0.15) is 10.7 Å². The molecular formula is C10H11ClN2O4. The lowest BCUT2D eigenvalue weighted by Gasteiger charge is -2.06. The molecule has 1 aromatic rings. The highest BCUT2D eigenvalue weighted by Crippen LogP contribution is 2.33. The third-order valence-electron chi connectivity index (χ3n) is 2.05. The van der Waals surface area contributed by atoms with Crippen LogP contribution in [-0.4, -0.2) is 17.5 Å². The predicted molar refractivity (Wildman–Crippen MR) is 62.9 cm³/mol. The number of halogens is 1. The van der Waals surface area contributed by atoms with Gasteiger partial charge in [-0.25, -0.2) is 0 Å². The lowest BCUT2D eigenvalue weighted by Crippen LogP contribution is -2.09. The molecule has 0 aliphatic carbocycles. The summed E-state index contributed by atoms with van der Waals surface area (Å²) in [4.78, 5) is 21.3. The first-order chi connectivity index (χ1) is 7.97. The summed E-state index contributed by atoms with van der Waals surface area (Å²) in [6.07, 6.45) is -0.117. The molecule has 0 amide bonds. The summed E-state index contributed by atoms with van der Waals surface area (Å²) >= 11 is 5.82. The van der Waals surface area contributed by atoms with E-state index in [4.69, 9.17) is 22.1 Å². The van der Waals surface area contributed by atoms with Crippen molar-refractivity contribution in [1.82, 2.24) is 0 Å². The molecule has 2 N–H and O–H groups in total. The zero-order valence-corrected chi connectivity index (χ0v) is 9.86. The molecule has 6 nitrogen and oxygen atoms in total. The lowest BCUT2D eigenvalue weighted by molar-refractivity contribution is -0.383. The minimum absolute atomic E-state index is 0.0346. The van der Waals surface area contributed by atoms with E-state index in [2.05, 4.69) is 0 Å². The zero-order chi connectivity index (χ0) is 13.0. The molecule has 0 saturated heterocycles. The van der Waals surface area contributed by atoms with Crippen molar-refractivity contribution in [2.45, 2.75) is 13.3 Å². The highest BCUT2D eigenvalue weighted by atomic mass is 35.5. The Hall–Kier alpha value is -1.82. The van der Waals surface area contributed by atoms with E-state index in [1.54, 1.807) is 6.92 Å². The van der Waals surface area contributed by atoms with Gasteiger partial charge in [0.05, 0.1) is 18.0 Å². The molecule has 92 valence electrons. The van der Waals surface area contributed by atoms with E-state index in [0.717, 1.165) is 0 Å². The summed E-state index contributed by atoms with van der Waals surface area (Å²) in [5.41, 5.74) is 5.35. The molecule has 1 rings (SSSR count). The number of nitrogens with two attached hydrogens (primary N) is 1. The number of nitrogen functional groups attached to an aromatic ring is 1. The number of hydrogen-bond acceptors (Lipinski definition) is 5. The van der Waals surface area contributed by atoms with Gasteiger partial charge >= 0.3 is 11.7 Å². The van der Waals surface area contributed by atoms with Gasteiger partial charge in [-0.1, -0.05) is 17.7 Å². The molecule has 0 aromatic heterocycles. The van der Waals surface area contributed by atoms with Crippen LogP contribution in [0.15, 0.2) is 12.1 Å². The van der Waals surface area contributed by atoms with Gasteiger partial charge in [0.2, 0.25) is 0 Å². The number of hydrogen-bond donors (Lipinski definition) is 1. The maximum atomic E-state index is 11.2. The van der Waals surface area contributed by atoms with Gasteiger partial charge in [0, 0.05) is 0 Å². The third-order valence-corrected chi connectivity index (χ3v) is 2.47. The van der Waals surface area contributed by atoms with Gasteiger partial charge in [0.15, 0.2) is 0 Å². The first-order valence-corrected chi connectivity index (χ1v) is 5.22. The van der Waals surface area contributed by atoms with Gasteiger partial charge < -0.3 is 10.5 Å². The Labute approximate surface area is 102 Å². The molecule has 1 aromatic carbocycles. The van der Waals surface area contributed by atoms with Crippen molar-refractivity contribution >= 4 is 28.9 Å². The maximum Gasteiger partial charge on any atom is 0.310 e. The molecule has 17 heavy (non-hydrogen) atoms. The topological polar surface area (TPSA) is 95.5 Å². The van der Waals surface area contributed by atoms with Gasteiger partial charge in [-0.15, -0.1) is 0 Å². The minimum Gasteiger partial charge on any atom is -0.466 e. The molecular weight excluding hydrogens is 248 g/mol. The minimum atomic E-state index is -0.674. The highest BCUT2D eigenvalue weighted by molar-refractivity contribution is 6.34. The first-order valence-electron chi connectivity index (χ1n) is 4.84. The molecule has 0 aliphatic rings. The SMILES string of the molecule is CCOC(=O)Cc1ccc(N)c([N+](=O)[O-])c1Cl. The lowest BCUT2D eigenvalue weighted by atomic mass is 10.1. The van der Waals surface area contributed by atoms with E-state index in [-0.39, 0.29) is 29.4 Å². The maximum absolute atomic E-state index is 11.2. The van der Waals surface area contributed by atoms with Crippen LogP contribution in [0.1, 0.15) is 12.5 Å². The molecule has 0 aliphatic heterocycles. The number of benzene rings is 1. The summed E-state index contributed by atoms with van der Waals surface area (Å²) in [5.74, 6) is -0.492. The van der Waals surface area contributed by atoms with Crippen LogP contribution in [0.2, 0.25) is 5.02 Å². The molecule has 0 heterocycles. The van der Waals surface area contributed by atoms with Gasteiger partial charge in [-0.05, 0) is 18.6 Å². The Morgan fingerprint density at radius 1 is 1.59 bits per heavy atom. The summed E-state index contributed by atoms with van der Waals surface area (Å²) in [5, 5.41) is 10.6. The van der Waals surface area contributed by atoms with Crippen molar-refractivity contribution in [2.75, 3.05) is 12.3 Å². The number of ether oxygens (including phenoxy) is 1. The van der Waals surface area contributed by atoms with E-state index >= 15 is 0 Å². The number of anilines is 1. The predicted octanol–water partition coefficient (Wildman–Crippen LogP) is 1.94. The molecule has 0 radical (unpaired) electrons. The van der Waals surface area contributed by atoms with Crippen molar-refractivity contribution in [3.8, 4) is 0 Å². The monoisotopic (exact) mass is 258 g/mol. The van der Waals surface area contributed by atoms with Crippen LogP contribution in [0.3, 0.4) is 0 Å². The van der Waals surface area contributed by atoms with E-state index in [1.165, 1.54) is 12.1 Å². The quantitative estimate of drug-likeness (QED) is 0.385. The Bertz CT molecular complexity index is 462. The van der Waals surface area contributed by atoms with E-state index in [0.29, 0.717) is 5.56 Å². The molecule has 0 fully saturated rings. The van der Waals surface area contributed by atoms with Crippen LogP contribution in [-0.2, 0) is 16.0 Å². The zero-order valence-electron chi connectivity index (χ0n) is 9.10. The van der Waals surface area contributed by atoms with Crippen molar-refractivity contribution in [3.05, 3.63) is 32.8 Å². The Morgan fingerprint density at radius 2 is 2.24 bits per heavy atom. The molecule has 7 heteroatoms. The standard InChI is InChI=1S/C10H11ClN2O4/c1-2-17-8(14)5-6-3-4-7(12)10(9(6)11)13(15)16/h3-4H,2,5,12H2,1H3. The largest absolute Gasteiger partial charge is 0.466 e. The summed E-state index contributed by atoms with van der Waals surface area (Å²) in [6, 6.07) is 2.82. The summed E-state index contributed by atoms with van der Waals surface area (Å²) < 4.78 is 4.73. The summed E-state index contributed by atoms with van der Waals surface area (Å²) in [7, 11) is 0. The molecule has 0 bridgehead atoms. The molecule has 0 unspecified atom stereocenters. The number of esters is 1. The summed E-state index contributed by atoms with van der Waals surface area (Å²) in [6.45, 7) is 1.92. The first kappa shape index (κ1) is 13.2. The van der Waals surface area contributed by atoms with Crippen LogP contribution in [0.25, 0.3) is 0 Å². The molecule has 0 spiro atoms. The average Bonchev–Trinajstić information content (AvgIpc) is 2.22. The number of rotatable bonds is 4. The van der Waals surface area contributed by atoms with Crippen LogP contribution in [0.5, 0.6) is 0 Å². The molecule has 0 atom stereocenters. The smallest absolute Gasteiger partial charge is 0.310 e. The molecule has 0 saturated carbocycles. The highest BCUT2D eigenvalue weighted by Gasteiger charge is 2.21. The van der Waals surface area contributed by atoms with E-state index in [9.17, 15) is 14.9 Å². The van der Waals surface area contributed by atoms with Crippen LogP contribution in [0, 0.1) is 10.1 Å². The third kappa shape index (κ3) is 3.07. The van der Waals surface area contributed by atoms with E-state index < -0.39 is 10.9 Å². The fourth-order valence-corrected chi connectivity index (χ4v) is 1.62. The Kier molecular flexibility index (Phi) is 4.28. The van der Waals surface area contributed by atoms with Crippen LogP contribution >= 0.6 is 11.6 Å². The second kappa shape index (κ2) is 5.49. The van der Waals surface area contributed by atoms with Crippen molar-refractivity contribution < 1.29 is 14.5 Å². The Morgan fingerprint density at radius 3 is 2.76 bits per heavy atom. The second-order valence-corrected chi connectivity index (χ2v) is 3.59. The van der Waals surface area contributed by atoms with Gasteiger partial charge in [-0.3, -0.25) is 14.9 Å². The van der Waals surface area contributed by atoms with Crippen molar-refractivity contribution in [2.24, 2.45) is 0 Å². The van der Waals surface area contributed by atoms with Crippen molar-refractivity contribution in [3.63, 3.8) is 0 Å². The number of nitro benzene ring substituents is 1. The number of carbonyl (C=O) groups is 1. The fraction of sp³-hybridized carbons (Fsp3) is 0.300. The second-order valence-electron chi connectivity index (χ2n) is 3.22. The fourth-order valence-electron chi connectivity index (χ4n) is 1.31. The number of nitro groups is 1. The van der Waals surface area contributed by atoms with Gasteiger partial charge in [0.25, 0.3) is 0 Å². The van der Waals surface area contributed by atoms with Gasteiger partial charge in [-0.2, -0.15) is 0 Å². The normalized spacial score (nSPS) is 10.0. The van der Waals surface area contributed by atoms with Crippen LogP contribution < -0.4 is 5.73 Å². The average molecular weight is 259 g/mol. The van der Waals surface area contributed by atoms with Crippen LogP contribution in [0.4, 0.5) is 11.4 Å².